The van der Waals surface area contributed by atoms with Gasteiger partial charge < -0.3 is 0 Å². The minimum Gasteiger partial charge on any atom is -0.267 e. The summed E-state index contributed by atoms with van der Waals surface area (Å²) in [5.74, 6) is 0.849. The lowest BCUT2D eigenvalue weighted by atomic mass is 9.49. The average molecular weight is 402 g/mol. The number of fused-ring (bicyclic) bond motifs is 1. The van der Waals surface area contributed by atoms with Crippen LogP contribution < -0.4 is 5.43 Å². The van der Waals surface area contributed by atoms with E-state index in [1.165, 1.54) is 28.4 Å². The molecule has 2 fully saturated rings. The molecule has 2 bridgehead atoms. The molecular formula is C21H27N3O3S. The van der Waals surface area contributed by atoms with Gasteiger partial charge in [0, 0.05) is 18.7 Å². The van der Waals surface area contributed by atoms with Crippen molar-refractivity contribution in [2.45, 2.75) is 44.4 Å². The van der Waals surface area contributed by atoms with Crippen LogP contribution in [-0.4, -0.2) is 37.9 Å². The number of hydrogen-bond acceptors (Lipinski definition) is 4. The van der Waals surface area contributed by atoms with Gasteiger partial charge in [0.2, 0.25) is 10.0 Å². The van der Waals surface area contributed by atoms with Crippen LogP contribution in [0, 0.1) is 17.3 Å². The van der Waals surface area contributed by atoms with Gasteiger partial charge in [0.1, 0.15) is 0 Å². The van der Waals surface area contributed by atoms with E-state index < -0.39 is 15.9 Å². The number of benzene rings is 1. The summed E-state index contributed by atoms with van der Waals surface area (Å²) >= 11 is 0. The summed E-state index contributed by atoms with van der Waals surface area (Å²) in [5, 5.41) is 4.13. The smallest absolute Gasteiger partial charge is 0.267 e. The van der Waals surface area contributed by atoms with Gasteiger partial charge in [-0.3, -0.25) is 4.79 Å². The zero-order valence-electron chi connectivity index (χ0n) is 16.4. The van der Waals surface area contributed by atoms with Crippen LogP contribution in [0.5, 0.6) is 0 Å². The first kappa shape index (κ1) is 19.3. The fourth-order valence-corrected chi connectivity index (χ4v) is 6.21. The second-order valence-corrected chi connectivity index (χ2v) is 10.5. The highest BCUT2D eigenvalue weighted by atomic mass is 32.2. The second kappa shape index (κ2) is 7.12. The predicted octanol–water partition coefficient (Wildman–Crippen LogP) is 3.18. The highest BCUT2D eigenvalue weighted by molar-refractivity contribution is 7.89. The molecular weight excluding hydrogens is 374 g/mol. The van der Waals surface area contributed by atoms with Crippen molar-refractivity contribution in [1.29, 1.82) is 0 Å². The third-order valence-electron chi connectivity index (χ3n) is 6.69. The number of rotatable bonds is 5. The van der Waals surface area contributed by atoms with Gasteiger partial charge in [-0.05, 0) is 66.7 Å². The molecule has 1 saturated carbocycles. The Morgan fingerprint density at radius 3 is 2.71 bits per heavy atom. The second-order valence-electron chi connectivity index (χ2n) is 8.58. The largest absolute Gasteiger partial charge is 0.271 e. The fourth-order valence-electron chi connectivity index (χ4n) is 4.65. The topological polar surface area (TPSA) is 78.8 Å². The zero-order valence-corrected chi connectivity index (χ0v) is 17.2. The molecule has 1 N–H and O–H groups in total. The van der Waals surface area contributed by atoms with Crippen LogP contribution in [0.2, 0.25) is 0 Å². The van der Waals surface area contributed by atoms with Crippen molar-refractivity contribution >= 4 is 22.1 Å². The van der Waals surface area contributed by atoms with E-state index in [1.807, 2.05) is 0 Å². The lowest BCUT2D eigenvalue weighted by Crippen LogP contribution is -2.48. The molecule has 0 radical (unpaired) electrons. The number of hydrazone groups is 1. The number of nitrogens with zero attached hydrogens (tertiary/aromatic N) is 2. The van der Waals surface area contributed by atoms with Crippen molar-refractivity contribution in [1.82, 2.24) is 9.73 Å². The molecule has 1 saturated heterocycles. The van der Waals surface area contributed by atoms with Gasteiger partial charge in [0.25, 0.3) is 5.91 Å². The van der Waals surface area contributed by atoms with Crippen molar-refractivity contribution in [2.75, 3.05) is 13.1 Å². The van der Waals surface area contributed by atoms with E-state index in [0.717, 1.165) is 25.2 Å². The molecule has 1 heterocycles. The molecule has 150 valence electrons. The first-order chi connectivity index (χ1) is 13.3. The van der Waals surface area contributed by atoms with Gasteiger partial charge in [-0.25, -0.2) is 13.8 Å². The van der Waals surface area contributed by atoms with Crippen molar-refractivity contribution in [2.24, 2.45) is 22.4 Å². The molecule has 28 heavy (non-hydrogen) atoms. The van der Waals surface area contributed by atoms with Gasteiger partial charge in [-0.2, -0.15) is 9.41 Å². The molecule has 1 aromatic rings. The molecule has 6 nitrogen and oxygen atoms in total. The Hall–Kier alpha value is -1.99. The number of allylic oxidation sites excluding steroid dienone is 2. The molecule has 2 atom stereocenters. The lowest BCUT2D eigenvalue weighted by molar-refractivity contribution is -0.00126. The van der Waals surface area contributed by atoms with Crippen LogP contribution in [0.25, 0.3) is 0 Å². The quantitative estimate of drug-likeness (QED) is 0.608. The first-order valence-electron chi connectivity index (χ1n) is 9.94. The maximum Gasteiger partial charge on any atom is 0.271 e. The van der Waals surface area contributed by atoms with Crippen LogP contribution in [0.15, 0.2) is 45.9 Å². The van der Waals surface area contributed by atoms with E-state index in [0.29, 0.717) is 30.0 Å². The molecule has 0 aromatic heterocycles. The molecule has 1 amide bonds. The van der Waals surface area contributed by atoms with Crippen molar-refractivity contribution < 1.29 is 13.2 Å². The van der Waals surface area contributed by atoms with Gasteiger partial charge in [-0.1, -0.05) is 26.0 Å². The summed E-state index contributed by atoms with van der Waals surface area (Å²) in [6, 6.07) is 6.17. The number of carbonyl (C=O) groups is 1. The summed E-state index contributed by atoms with van der Waals surface area (Å²) < 4.78 is 26.9. The van der Waals surface area contributed by atoms with Gasteiger partial charge in [0.15, 0.2) is 0 Å². The number of nitrogens with one attached hydrogen (secondary N) is 1. The standard InChI is InChI=1S/C21H27N3O3S/c1-21(2)17-9-8-16(19(21)13-17)14-22-23-20(25)15-6-5-7-18(12-15)28(26,27)24-10-3-4-11-24/h5-8,12,14,17,19H,3-4,9-11,13H2,1-2H3,(H,23,25)/t17-,19+/m0/s1. The van der Waals surface area contributed by atoms with E-state index in [9.17, 15) is 13.2 Å². The van der Waals surface area contributed by atoms with Gasteiger partial charge >= 0.3 is 0 Å². The molecule has 3 aliphatic carbocycles. The minimum absolute atomic E-state index is 0.156. The SMILES string of the molecule is CC1(C)[C@H]2CC=C(C=NNC(=O)c3cccc(S(=O)(=O)N4CCCC4)c3)[C@H]1C2. The average Bonchev–Trinajstić information content (AvgIpc) is 3.23. The molecule has 1 aliphatic heterocycles. The summed E-state index contributed by atoms with van der Waals surface area (Å²) in [5.41, 5.74) is 4.31. The van der Waals surface area contributed by atoms with E-state index in [-0.39, 0.29) is 4.90 Å². The van der Waals surface area contributed by atoms with Crippen LogP contribution in [0.4, 0.5) is 0 Å². The van der Waals surface area contributed by atoms with Crippen LogP contribution in [-0.2, 0) is 10.0 Å². The van der Waals surface area contributed by atoms with Crippen LogP contribution >= 0.6 is 0 Å². The number of sulfonamides is 1. The Morgan fingerprint density at radius 2 is 2.04 bits per heavy atom. The molecule has 4 aliphatic rings. The Morgan fingerprint density at radius 1 is 1.29 bits per heavy atom. The molecule has 0 unspecified atom stereocenters. The Bertz CT molecular complexity index is 943. The Labute approximate surface area is 166 Å². The highest BCUT2D eigenvalue weighted by Gasteiger charge is 2.50. The summed E-state index contributed by atoms with van der Waals surface area (Å²) in [6.07, 6.45) is 7.96. The zero-order chi connectivity index (χ0) is 19.9. The Balaban J connectivity index is 1.44. The summed E-state index contributed by atoms with van der Waals surface area (Å²) in [7, 11) is -3.54. The molecule has 7 heteroatoms. The van der Waals surface area contributed by atoms with Gasteiger partial charge in [-0.15, -0.1) is 0 Å². The number of hydrogen-bond donors (Lipinski definition) is 1. The van der Waals surface area contributed by atoms with Crippen molar-refractivity contribution in [3.63, 3.8) is 0 Å². The monoisotopic (exact) mass is 401 g/mol. The first-order valence-corrected chi connectivity index (χ1v) is 11.4. The van der Waals surface area contributed by atoms with Crippen LogP contribution in [0.3, 0.4) is 0 Å². The number of amides is 1. The Kier molecular flexibility index (Phi) is 4.91. The fraction of sp³-hybridized carbons (Fsp3) is 0.524. The van der Waals surface area contributed by atoms with Gasteiger partial charge in [0.05, 0.1) is 11.1 Å². The molecule has 1 aromatic carbocycles. The van der Waals surface area contributed by atoms with Crippen LogP contribution in [0.1, 0.15) is 49.9 Å². The highest BCUT2D eigenvalue weighted by Crippen LogP contribution is 2.58. The lowest BCUT2D eigenvalue weighted by Gasteiger charge is -2.55. The van der Waals surface area contributed by atoms with E-state index in [1.54, 1.807) is 18.3 Å². The van der Waals surface area contributed by atoms with E-state index in [4.69, 9.17) is 0 Å². The van der Waals surface area contributed by atoms with E-state index >= 15 is 0 Å². The third kappa shape index (κ3) is 3.31. The minimum atomic E-state index is -3.54. The summed E-state index contributed by atoms with van der Waals surface area (Å²) in [4.78, 5) is 12.6. The van der Waals surface area contributed by atoms with E-state index in [2.05, 4.69) is 30.5 Å². The van der Waals surface area contributed by atoms with Crippen molar-refractivity contribution in [3.05, 3.63) is 41.5 Å². The normalized spacial score (nSPS) is 26.7. The molecule has 0 spiro atoms. The third-order valence-corrected chi connectivity index (χ3v) is 8.58. The maximum atomic E-state index is 12.7. The molecule has 5 rings (SSSR count). The maximum absolute atomic E-state index is 12.7. The summed E-state index contributed by atoms with van der Waals surface area (Å²) in [6.45, 7) is 5.65. The number of carbonyl (C=O) groups excluding carboxylic acids is 1. The predicted molar refractivity (Wildman–Crippen MR) is 108 cm³/mol. The van der Waals surface area contributed by atoms with Crippen molar-refractivity contribution in [3.8, 4) is 0 Å².